The van der Waals surface area contributed by atoms with Gasteiger partial charge in [-0.05, 0) is 30.5 Å². The average molecular weight is 294 g/mol. The van der Waals surface area contributed by atoms with Crippen LogP contribution in [0.2, 0.25) is 0 Å². The van der Waals surface area contributed by atoms with Crippen LogP contribution in [0.15, 0.2) is 78.4 Å². The Morgan fingerprint density at radius 3 is 2.15 bits per heavy atom. The summed E-state index contributed by atoms with van der Waals surface area (Å²) >= 11 is 0. The van der Waals surface area contributed by atoms with Crippen LogP contribution >= 0.6 is 0 Å². The quantitative estimate of drug-likeness (QED) is 0.674. The topological polar surface area (TPSA) is 0 Å². The maximum absolute atomic E-state index is 2.30. The number of hydrogen-bond acceptors (Lipinski definition) is 0. The summed E-state index contributed by atoms with van der Waals surface area (Å²) in [6.45, 7) is 4.51. The van der Waals surface area contributed by atoms with Crippen molar-refractivity contribution >= 4 is 0 Å². The molecule has 20 heavy (non-hydrogen) atoms. The molecule has 1 heteroatoms. The molecule has 0 fully saturated rings. The molecule has 0 amide bonds. The second-order valence-corrected chi connectivity index (χ2v) is 5.32. The zero-order valence-corrected chi connectivity index (χ0v) is 13.5. The van der Waals surface area contributed by atoms with Crippen LogP contribution in [0.4, 0.5) is 0 Å². The Morgan fingerprint density at radius 2 is 1.50 bits per heavy atom. The molecule has 0 heterocycles. The van der Waals surface area contributed by atoms with Crippen molar-refractivity contribution in [3.63, 3.8) is 0 Å². The van der Waals surface area contributed by atoms with E-state index in [1.807, 2.05) is 0 Å². The normalized spacial score (nSPS) is 20.4. The van der Waals surface area contributed by atoms with Crippen LogP contribution in [0.1, 0.15) is 19.4 Å². The van der Waals surface area contributed by atoms with Crippen molar-refractivity contribution in [2.75, 3.05) is 0 Å². The predicted octanol–water partition coefficient (Wildman–Crippen LogP) is 5.12. The minimum absolute atomic E-state index is 0. The van der Waals surface area contributed by atoms with Gasteiger partial charge in [-0.25, -0.2) is 0 Å². The van der Waals surface area contributed by atoms with Gasteiger partial charge in [-0.15, -0.1) is 0 Å². The SMILES string of the molecule is CC1=CC=CC1(C)c1ccccc1-c1ccccc1.[Ti]. The van der Waals surface area contributed by atoms with Crippen molar-refractivity contribution < 1.29 is 21.7 Å². The predicted molar refractivity (Wildman–Crippen MR) is 82.1 cm³/mol. The minimum atomic E-state index is 0. The van der Waals surface area contributed by atoms with E-state index in [1.165, 1.54) is 22.3 Å². The molecule has 0 aromatic heterocycles. The summed E-state index contributed by atoms with van der Waals surface area (Å²) in [5.74, 6) is 0. The Labute approximate surface area is 136 Å². The third-order valence-electron chi connectivity index (χ3n) is 4.17. The maximum atomic E-state index is 2.30. The van der Waals surface area contributed by atoms with Gasteiger partial charge in [0.25, 0.3) is 0 Å². The summed E-state index contributed by atoms with van der Waals surface area (Å²) in [5, 5.41) is 0. The van der Waals surface area contributed by atoms with E-state index in [9.17, 15) is 0 Å². The molecule has 0 spiro atoms. The second-order valence-electron chi connectivity index (χ2n) is 5.32. The van der Waals surface area contributed by atoms with Crippen LogP contribution in [-0.4, -0.2) is 0 Å². The fourth-order valence-electron chi connectivity index (χ4n) is 2.80. The summed E-state index contributed by atoms with van der Waals surface area (Å²) in [5.41, 5.74) is 5.41. The minimum Gasteiger partial charge on any atom is -0.0702 e. The molecular formula is C19H18Ti. The number of hydrogen-bond donors (Lipinski definition) is 0. The van der Waals surface area contributed by atoms with Gasteiger partial charge >= 0.3 is 0 Å². The molecule has 1 aliphatic carbocycles. The monoisotopic (exact) mass is 294 g/mol. The van der Waals surface area contributed by atoms with E-state index >= 15 is 0 Å². The zero-order valence-electron chi connectivity index (χ0n) is 11.9. The third-order valence-corrected chi connectivity index (χ3v) is 4.17. The maximum Gasteiger partial charge on any atom is 0.0322 e. The van der Waals surface area contributed by atoms with Gasteiger partial charge in [0.1, 0.15) is 0 Å². The van der Waals surface area contributed by atoms with E-state index in [4.69, 9.17) is 0 Å². The fourth-order valence-corrected chi connectivity index (χ4v) is 2.80. The van der Waals surface area contributed by atoms with Gasteiger partial charge in [-0.3, -0.25) is 0 Å². The molecule has 0 N–H and O–H groups in total. The van der Waals surface area contributed by atoms with Crippen LogP contribution in [-0.2, 0) is 27.1 Å². The van der Waals surface area contributed by atoms with Crippen molar-refractivity contribution in [2.45, 2.75) is 19.3 Å². The molecule has 0 saturated heterocycles. The number of allylic oxidation sites excluding steroid dienone is 4. The van der Waals surface area contributed by atoms with E-state index in [2.05, 4.69) is 86.7 Å². The van der Waals surface area contributed by atoms with Crippen LogP contribution in [0.5, 0.6) is 0 Å². The van der Waals surface area contributed by atoms with Gasteiger partial charge in [-0.1, -0.05) is 78.4 Å². The number of rotatable bonds is 2. The van der Waals surface area contributed by atoms with Crippen molar-refractivity contribution in [1.29, 1.82) is 0 Å². The van der Waals surface area contributed by atoms with E-state index in [0.29, 0.717) is 0 Å². The molecule has 2 aromatic carbocycles. The second kappa shape index (κ2) is 5.95. The van der Waals surface area contributed by atoms with Crippen molar-refractivity contribution in [2.24, 2.45) is 0 Å². The molecular weight excluding hydrogens is 276 g/mol. The molecule has 0 radical (unpaired) electrons. The summed E-state index contributed by atoms with van der Waals surface area (Å²) < 4.78 is 0. The molecule has 0 saturated carbocycles. The van der Waals surface area contributed by atoms with Gasteiger partial charge in [0.15, 0.2) is 0 Å². The van der Waals surface area contributed by atoms with Crippen molar-refractivity contribution in [1.82, 2.24) is 0 Å². The molecule has 3 rings (SSSR count). The number of benzene rings is 2. The Balaban J connectivity index is 0.00000147. The summed E-state index contributed by atoms with van der Waals surface area (Å²) in [7, 11) is 0. The van der Waals surface area contributed by atoms with Gasteiger partial charge < -0.3 is 0 Å². The molecule has 0 aliphatic heterocycles. The van der Waals surface area contributed by atoms with E-state index < -0.39 is 0 Å². The first-order chi connectivity index (χ1) is 9.22. The van der Waals surface area contributed by atoms with Crippen LogP contribution in [0.25, 0.3) is 11.1 Å². The first-order valence-electron chi connectivity index (χ1n) is 6.73. The van der Waals surface area contributed by atoms with E-state index in [1.54, 1.807) is 0 Å². The molecule has 1 atom stereocenters. The third kappa shape index (κ3) is 2.46. The summed E-state index contributed by atoms with van der Waals surface area (Å²) in [6, 6.07) is 19.3. The van der Waals surface area contributed by atoms with E-state index in [0.717, 1.165) is 0 Å². The molecule has 0 nitrogen and oxygen atoms in total. The summed E-state index contributed by atoms with van der Waals surface area (Å²) in [6.07, 6.45) is 6.67. The van der Waals surface area contributed by atoms with Gasteiger partial charge in [0.2, 0.25) is 0 Å². The zero-order chi connectivity index (χ0) is 13.3. The first kappa shape index (κ1) is 15.0. The van der Waals surface area contributed by atoms with Crippen LogP contribution < -0.4 is 0 Å². The van der Waals surface area contributed by atoms with Gasteiger partial charge in [0.05, 0.1) is 0 Å². The Bertz CT molecular complexity index is 652. The Hall–Kier alpha value is -1.37. The summed E-state index contributed by atoms with van der Waals surface area (Å²) in [4.78, 5) is 0. The fraction of sp³-hybridized carbons (Fsp3) is 0.158. The Morgan fingerprint density at radius 1 is 0.850 bits per heavy atom. The average Bonchev–Trinajstić information content (AvgIpc) is 2.81. The molecule has 0 bridgehead atoms. The molecule has 2 aromatic rings. The molecule has 98 valence electrons. The smallest absolute Gasteiger partial charge is 0.0322 e. The molecule has 1 aliphatic rings. The molecule has 1 unspecified atom stereocenters. The standard InChI is InChI=1S/C19H18.Ti/c1-15-9-8-14-19(15,2)18-13-7-6-12-17(18)16-10-4-3-5-11-16;/h3-14H,1-2H3;. The van der Waals surface area contributed by atoms with Crippen LogP contribution in [0, 0.1) is 0 Å². The largest absolute Gasteiger partial charge is 0.0702 e. The van der Waals surface area contributed by atoms with Crippen molar-refractivity contribution in [3.05, 3.63) is 84.0 Å². The van der Waals surface area contributed by atoms with Gasteiger partial charge in [0, 0.05) is 27.1 Å². The van der Waals surface area contributed by atoms with Crippen LogP contribution in [0.3, 0.4) is 0 Å². The first-order valence-corrected chi connectivity index (χ1v) is 6.73. The Kier molecular flexibility index (Phi) is 4.47. The van der Waals surface area contributed by atoms with Crippen molar-refractivity contribution in [3.8, 4) is 11.1 Å². The van der Waals surface area contributed by atoms with E-state index in [-0.39, 0.29) is 27.1 Å². The van der Waals surface area contributed by atoms with Gasteiger partial charge in [-0.2, -0.15) is 0 Å².